The molecule has 4 nitrogen and oxygen atoms in total. The fourth-order valence-corrected chi connectivity index (χ4v) is 2.66. The second-order valence-corrected chi connectivity index (χ2v) is 4.84. The lowest BCUT2D eigenvalue weighted by Gasteiger charge is -2.21. The van der Waals surface area contributed by atoms with Crippen molar-refractivity contribution in [1.29, 1.82) is 0 Å². The zero-order chi connectivity index (χ0) is 12.7. The van der Waals surface area contributed by atoms with Gasteiger partial charge in [-0.05, 0) is 31.5 Å². The molecule has 2 aromatic rings. The van der Waals surface area contributed by atoms with Crippen LogP contribution in [0, 0.1) is 11.7 Å². The highest BCUT2D eigenvalue weighted by Crippen LogP contribution is 2.31. The molecule has 1 aliphatic rings. The molecule has 18 heavy (non-hydrogen) atoms. The molecule has 0 radical (unpaired) electrons. The third kappa shape index (κ3) is 1.75. The van der Waals surface area contributed by atoms with Gasteiger partial charge in [-0.3, -0.25) is 0 Å². The summed E-state index contributed by atoms with van der Waals surface area (Å²) in [6.45, 7) is 3.60. The summed E-state index contributed by atoms with van der Waals surface area (Å²) in [4.78, 5) is 4.28. The van der Waals surface area contributed by atoms with Crippen molar-refractivity contribution in [3.05, 3.63) is 24.0 Å². The third-order valence-corrected chi connectivity index (χ3v) is 3.73. The molecule has 2 heterocycles. The molecule has 0 aliphatic carbocycles. The zero-order valence-corrected chi connectivity index (χ0v) is 10.3. The van der Waals surface area contributed by atoms with Crippen LogP contribution in [0.25, 0.3) is 11.0 Å². The number of nitrogen functional groups attached to an aromatic ring is 1. The standard InChI is InChI=1S/C13H16FN3O/c1-8(9-4-5-18-7-9)17-12-6-10(14)2-3-11(12)16-13(17)15/h2-3,6,8-9H,4-5,7H2,1H3,(H2,15,16). The van der Waals surface area contributed by atoms with Crippen LogP contribution in [0.15, 0.2) is 18.2 Å². The molecule has 0 spiro atoms. The summed E-state index contributed by atoms with van der Waals surface area (Å²) in [5, 5.41) is 0. The van der Waals surface area contributed by atoms with Crippen LogP contribution >= 0.6 is 0 Å². The molecule has 2 unspecified atom stereocenters. The largest absolute Gasteiger partial charge is 0.381 e. The first-order valence-corrected chi connectivity index (χ1v) is 6.17. The van der Waals surface area contributed by atoms with Crippen LogP contribution in [-0.4, -0.2) is 22.8 Å². The van der Waals surface area contributed by atoms with Crippen molar-refractivity contribution in [3.63, 3.8) is 0 Å². The fourth-order valence-electron chi connectivity index (χ4n) is 2.66. The number of ether oxygens (including phenoxy) is 1. The minimum Gasteiger partial charge on any atom is -0.381 e. The predicted octanol–water partition coefficient (Wildman–Crippen LogP) is 2.36. The molecule has 1 aromatic heterocycles. The average Bonchev–Trinajstić information content (AvgIpc) is 2.94. The highest BCUT2D eigenvalue weighted by Gasteiger charge is 2.26. The minimum absolute atomic E-state index is 0.166. The van der Waals surface area contributed by atoms with Gasteiger partial charge in [0.1, 0.15) is 5.82 Å². The summed E-state index contributed by atoms with van der Waals surface area (Å²) in [5.41, 5.74) is 7.45. The molecule has 5 heteroatoms. The second-order valence-electron chi connectivity index (χ2n) is 4.84. The van der Waals surface area contributed by atoms with Crippen LogP contribution < -0.4 is 5.73 Å². The van der Waals surface area contributed by atoms with Gasteiger partial charge in [0.25, 0.3) is 0 Å². The van der Waals surface area contributed by atoms with Gasteiger partial charge in [-0.25, -0.2) is 9.37 Å². The van der Waals surface area contributed by atoms with Crippen LogP contribution in [0.4, 0.5) is 10.3 Å². The monoisotopic (exact) mass is 249 g/mol. The quantitative estimate of drug-likeness (QED) is 0.888. The number of halogens is 1. The van der Waals surface area contributed by atoms with E-state index in [9.17, 15) is 4.39 Å². The van der Waals surface area contributed by atoms with Crippen molar-refractivity contribution < 1.29 is 9.13 Å². The van der Waals surface area contributed by atoms with Crippen molar-refractivity contribution in [2.75, 3.05) is 18.9 Å². The summed E-state index contributed by atoms with van der Waals surface area (Å²) in [6, 6.07) is 4.72. The van der Waals surface area contributed by atoms with E-state index in [4.69, 9.17) is 10.5 Å². The van der Waals surface area contributed by atoms with Gasteiger partial charge in [0.15, 0.2) is 0 Å². The van der Waals surface area contributed by atoms with E-state index in [2.05, 4.69) is 11.9 Å². The maximum absolute atomic E-state index is 13.4. The van der Waals surface area contributed by atoms with Gasteiger partial charge >= 0.3 is 0 Å². The summed E-state index contributed by atoms with van der Waals surface area (Å²) in [6.07, 6.45) is 1.01. The molecule has 1 aliphatic heterocycles. The number of imidazole rings is 1. The van der Waals surface area contributed by atoms with Gasteiger partial charge in [-0.2, -0.15) is 0 Å². The number of fused-ring (bicyclic) bond motifs is 1. The van der Waals surface area contributed by atoms with E-state index in [1.807, 2.05) is 4.57 Å². The first-order chi connectivity index (χ1) is 8.66. The van der Waals surface area contributed by atoms with Crippen molar-refractivity contribution in [3.8, 4) is 0 Å². The predicted molar refractivity (Wildman–Crippen MR) is 67.7 cm³/mol. The lowest BCUT2D eigenvalue weighted by Crippen LogP contribution is -2.18. The van der Waals surface area contributed by atoms with Gasteiger partial charge in [-0.1, -0.05) is 0 Å². The summed E-state index contributed by atoms with van der Waals surface area (Å²) in [5.74, 6) is 0.585. The van der Waals surface area contributed by atoms with E-state index < -0.39 is 0 Å². The topological polar surface area (TPSA) is 53.1 Å². The lowest BCUT2D eigenvalue weighted by molar-refractivity contribution is 0.176. The first-order valence-electron chi connectivity index (χ1n) is 6.17. The number of anilines is 1. The Bertz CT molecular complexity index is 575. The lowest BCUT2D eigenvalue weighted by atomic mass is 10.0. The van der Waals surface area contributed by atoms with Gasteiger partial charge < -0.3 is 15.0 Å². The van der Waals surface area contributed by atoms with Crippen LogP contribution in [-0.2, 0) is 4.74 Å². The number of hydrogen-bond acceptors (Lipinski definition) is 3. The van der Waals surface area contributed by atoms with Crippen molar-refractivity contribution in [2.45, 2.75) is 19.4 Å². The Hall–Kier alpha value is -1.62. The Morgan fingerprint density at radius 1 is 1.56 bits per heavy atom. The maximum Gasteiger partial charge on any atom is 0.201 e. The van der Waals surface area contributed by atoms with Gasteiger partial charge in [0, 0.05) is 18.6 Å². The van der Waals surface area contributed by atoms with E-state index in [1.54, 1.807) is 6.07 Å². The SMILES string of the molecule is CC(C1CCOC1)n1c(N)nc2ccc(F)cc21. The van der Waals surface area contributed by atoms with E-state index >= 15 is 0 Å². The Labute approximate surface area is 105 Å². The van der Waals surface area contributed by atoms with Gasteiger partial charge in [0.05, 0.1) is 17.6 Å². The number of nitrogens with zero attached hydrogens (tertiary/aromatic N) is 2. The van der Waals surface area contributed by atoms with E-state index in [-0.39, 0.29) is 11.9 Å². The molecule has 1 aromatic carbocycles. The third-order valence-electron chi connectivity index (χ3n) is 3.73. The molecule has 1 saturated heterocycles. The van der Waals surface area contributed by atoms with Crippen molar-refractivity contribution in [1.82, 2.24) is 9.55 Å². The van der Waals surface area contributed by atoms with Crippen molar-refractivity contribution in [2.24, 2.45) is 5.92 Å². The van der Waals surface area contributed by atoms with Crippen LogP contribution in [0.2, 0.25) is 0 Å². The molecule has 1 fully saturated rings. The molecule has 0 saturated carbocycles. The minimum atomic E-state index is -0.265. The highest BCUT2D eigenvalue weighted by atomic mass is 19.1. The zero-order valence-electron chi connectivity index (χ0n) is 10.3. The Morgan fingerprint density at radius 3 is 3.11 bits per heavy atom. The number of rotatable bonds is 2. The summed E-state index contributed by atoms with van der Waals surface area (Å²) < 4.78 is 20.7. The second kappa shape index (κ2) is 4.24. The molecular formula is C13H16FN3O. The normalized spacial score (nSPS) is 21.6. The number of nitrogens with two attached hydrogens (primary N) is 1. The van der Waals surface area contributed by atoms with Gasteiger partial charge in [0.2, 0.25) is 5.95 Å². The van der Waals surface area contributed by atoms with Crippen molar-refractivity contribution >= 4 is 17.0 Å². The summed E-state index contributed by atoms with van der Waals surface area (Å²) in [7, 11) is 0. The fraction of sp³-hybridized carbons (Fsp3) is 0.462. The van der Waals surface area contributed by atoms with E-state index in [0.717, 1.165) is 30.7 Å². The number of hydrogen-bond donors (Lipinski definition) is 1. The molecule has 0 bridgehead atoms. The van der Waals surface area contributed by atoms with Crippen LogP contribution in [0.5, 0.6) is 0 Å². The summed E-state index contributed by atoms with van der Waals surface area (Å²) >= 11 is 0. The Kier molecular flexibility index (Phi) is 2.70. The molecule has 3 rings (SSSR count). The van der Waals surface area contributed by atoms with E-state index in [1.165, 1.54) is 12.1 Å². The smallest absolute Gasteiger partial charge is 0.201 e. The Balaban J connectivity index is 2.09. The van der Waals surface area contributed by atoms with Gasteiger partial charge in [-0.15, -0.1) is 0 Å². The first kappa shape index (κ1) is 11.5. The molecule has 96 valence electrons. The van der Waals surface area contributed by atoms with Crippen LogP contribution in [0.3, 0.4) is 0 Å². The maximum atomic E-state index is 13.4. The molecule has 2 atom stereocenters. The molecule has 2 N–H and O–H groups in total. The number of aromatic nitrogens is 2. The van der Waals surface area contributed by atoms with E-state index in [0.29, 0.717) is 11.9 Å². The molecular weight excluding hydrogens is 233 g/mol. The molecule has 0 amide bonds. The number of benzene rings is 1. The highest BCUT2D eigenvalue weighted by molar-refractivity contribution is 5.78. The van der Waals surface area contributed by atoms with Crippen LogP contribution in [0.1, 0.15) is 19.4 Å². The average molecular weight is 249 g/mol. The Morgan fingerprint density at radius 2 is 2.39 bits per heavy atom.